The molecule has 6 nitrogen and oxygen atoms in total. The van der Waals surface area contributed by atoms with Crippen molar-refractivity contribution in [3.8, 4) is 17.2 Å². The van der Waals surface area contributed by atoms with Crippen LogP contribution < -0.4 is 19.5 Å². The van der Waals surface area contributed by atoms with Crippen LogP contribution in [0.2, 0.25) is 0 Å². The van der Waals surface area contributed by atoms with Gasteiger partial charge in [0, 0.05) is 5.56 Å². The fourth-order valence-electron chi connectivity index (χ4n) is 2.50. The van der Waals surface area contributed by atoms with E-state index >= 15 is 0 Å². The minimum absolute atomic E-state index is 0.0497. The molecule has 25 heavy (non-hydrogen) atoms. The van der Waals surface area contributed by atoms with E-state index in [1.54, 1.807) is 24.3 Å². The highest BCUT2D eigenvalue weighted by atomic mass is 16.7. The molecule has 1 amide bonds. The quantitative estimate of drug-likeness (QED) is 0.818. The Morgan fingerprint density at radius 2 is 1.96 bits per heavy atom. The average molecular weight is 341 g/mol. The average Bonchev–Trinajstić information content (AvgIpc) is 3.07. The third kappa shape index (κ3) is 4.09. The minimum atomic E-state index is -0.251. The Bertz CT molecular complexity index is 802. The molecule has 1 N–H and O–H groups in total. The van der Waals surface area contributed by atoms with Gasteiger partial charge in [-0.3, -0.25) is 9.59 Å². The number of amides is 1. The lowest BCUT2D eigenvalue weighted by Crippen LogP contribution is -2.31. The van der Waals surface area contributed by atoms with E-state index in [0.717, 1.165) is 5.56 Å². The van der Waals surface area contributed by atoms with Gasteiger partial charge in [-0.25, -0.2) is 0 Å². The molecule has 1 atom stereocenters. The minimum Gasteiger partial charge on any atom is -0.484 e. The zero-order chi connectivity index (χ0) is 17.8. The summed E-state index contributed by atoms with van der Waals surface area (Å²) in [5.74, 6) is 1.56. The summed E-state index contributed by atoms with van der Waals surface area (Å²) < 4.78 is 16.1. The summed E-state index contributed by atoms with van der Waals surface area (Å²) in [5.41, 5.74) is 1.46. The van der Waals surface area contributed by atoms with Crippen LogP contribution in [0.4, 0.5) is 0 Å². The topological polar surface area (TPSA) is 73.9 Å². The largest absolute Gasteiger partial charge is 0.484 e. The van der Waals surface area contributed by atoms with Gasteiger partial charge in [0.15, 0.2) is 23.9 Å². The molecular weight excluding hydrogens is 322 g/mol. The first-order valence-corrected chi connectivity index (χ1v) is 7.95. The van der Waals surface area contributed by atoms with E-state index in [1.165, 1.54) is 6.92 Å². The molecule has 2 aromatic carbocycles. The van der Waals surface area contributed by atoms with Crippen LogP contribution in [0.1, 0.15) is 35.8 Å². The molecule has 0 aromatic heterocycles. The number of nitrogens with one attached hydrogen (secondary N) is 1. The van der Waals surface area contributed by atoms with Crippen LogP contribution in [0.3, 0.4) is 0 Å². The van der Waals surface area contributed by atoms with E-state index < -0.39 is 0 Å². The fourth-order valence-corrected chi connectivity index (χ4v) is 2.50. The molecule has 0 saturated carbocycles. The van der Waals surface area contributed by atoms with Crippen LogP contribution in [0.5, 0.6) is 17.2 Å². The highest BCUT2D eigenvalue weighted by molar-refractivity contribution is 5.94. The molecule has 0 spiro atoms. The van der Waals surface area contributed by atoms with Crippen molar-refractivity contribution in [3.63, 3.8) is 0 Å². The lowest BCUT2D eigenvalue weighted by atomic mass is 10.1. The SMILES string of the molecule is CC(=O)c1cccc(OCC(=O)NC(C)c2ccc3c(c2)OCO3)c1. The van der Waals surface area contributed by atoms with Gasteiger partial charge in [-0.05, 0) is 43.7 Å². The van der Waals surface area contributed by atoms with Gasteiger partial charge in [-0.2, -0.15) is 0 Å². The maximum Gasteiger partial charge on any atom is 0.258 e. The molecule has 1 heterocycles. The van der Waals surface area contributed by atoms with Gasteiger partial charge in [0.05, 0.1) is 6.04 Å². The summed E-state index contributed by atoms with van der Waals surface area (Å²) in [4.78, 5) is 23.5. The van der Waals surface area contributed by atoms with Crippen molar-refractivity contribution in [3.05, 3.63) is 53.6 Å². The van der Waals surface area contributed by atoms with Gasteiger partial charge in [-0.15, -0.1) is 0 Å². The number of rotatable bonds is 6. The Morgan fingerprint density at radius 1 is 1.16 bits per heavy atom. The lowest BCUT2D eigenvalue weighted by molar-refractivity contribution is -0.123. The first-order valence-electron chi connectivity index (χ1n) is 7.95. The van der Waals surface area contributed by atoms with Crippen LogP contribution in [0, 0.1) is 0 Å². The van der Waals surface area contributed by atoms with E-state index in [-0.39, 0.29) is 31.1 Å². The van der Waals surface area contributed by atoms with Crippen molar-refractivity contribution in [2.45, 2.75) is 19.9 Å². The zero-order valence-electron chi connectivity index (χ0n) is 14.1. The van der Waals surface area contributed by atoms with Gasteiger partial charge in [0.2, 0.25) is 6.79 Å². The second-order valence-electron chi connectivity index (χ2n) is 5.77. The molecule has 1 aliphatic heterocycles. The number of fused-ring (bicyclic) bond motifs is 1. The Kier molecular flexibility index (Phi) is 4.88. The molecule has 0 radical (unpaired) electrons. The number of ether oxygens (including phenoxy) is 3. The predicted octanol–water partition coefficient (Wildman–Crippen LogP) is 2.87. The van der Waals surface area contributed by atoms with E-state index in [2.05, 4.69) is 5.32 Å². The van der Waals surface area contributed by atoms with Crippen LogP contribution >= 0.6 is 0 Å². The smallest absolute Gasteiger partial charge is 0.258 e. The van der Waals surface area contributed by atoms with Crippen molar-refractivity contribution in [1.29, 1.82) is 0 Å². The van der Waals surface area contributed by atoms with Crippen molar-refractivity contribution >= 4 is 11.7 Å². The maximum absolute atomic E-state index is 12.1. The Morgan fingerprint density at radius 3 is 2.76 bits per heavy atom. The molecule has 0 saturated heterocycles. The normalized spacial score (nSPS) is 13.2. The van der Waals surface area contributed by atoms with Crippen LogP contribution in [-0.2, 0) is 4.79 Å². The highest BCUT2D eigenvalue weighted by Crippen LogP contribution is 2.34. The molecule has 2 aromatic rings. The third-order valence-electron chi connectivity index (χ3n) is 3.88. The number of benzene rings is 2. The molecule has 0 aliphatic carbocycles. The second-order valence-corrected chi connectivity index (χ2v) is 5.77. The fraction of sp³-hybridized carbons (Fsp3) is 0.263. The Labute approximate surface area is 145 Å². The van der Waals surface area contributed by atoms with Gasteiger partial charge in [-0.1, -0.05) is 18.2 Å². The molecule has 0 bridgehead atoms. The third-order valence-corrected chi connectivity index (χ3v) is 3.88. The number of carbonyl (C=O) groups excluding carboxylic acids is 2. The number of carbonyl (C=O) groups is 2. The van der Waals surface area contributed by atoms with Gasteiger partial charge < -0.3 is 19.5 Å². The van der Waals surface area contributed by atoms with E-state index in [4.69, 9.17) is 14.2 Å². The first kappa shape index (κ1) is 16.8. The number of hydrogen-bond donors (Lipinski definition) is 1. The maximum atomic E-state index is 12.1. The standard InChI is InChI=1S/C19H19NO5/c1-12(14-6-7-17-18(9-14)25-11-24-17)20-19(22)10-23-16-5-3-4-15(8-16)13(2)21/h3-9,12H,10-11H2,1-2H3,(H,20,22). The molecule has 1 unspecified atom stereocenters. The predicted molar refractivity (Wildman–Crippen MR) is 91.1 cm³/mol. The zero-order valence-corrected chi connectivity index (χ0v) is 14.1. The van der Waals surface area contributed by atoms with Crippen molar-refractivity contribution in [2.75, 3.05) is 13.4 Å². The summed E-state index contributed by atoms with van der Waals surface area (Å²) in [7, 11) is 0. The van der Waals surface area contributed by atoms with E-state index in [0.29, 0.717) is 22.8 Å². The van der Waals surface area contributed by atoms with Crippen molar-refractivity contribution in [2.24, 2.45) is 0 Å². The molecular formula is C19H19NO5. The Hall–Kier alpha value is -3.02. The van der Waals surface area contributed by atoms with E-state index in [1.807, 2.05) is 25.1 Å². The number of ketones is 1. The molecule has 6 heteroatoms. The summed E-state index contributed by atoms with van der Waals surface area (Å²) in [6.07, 6.45) is 0. The van der Waals surface area contributed by atoms with Crippen LogP contribution in [0.15, 0.2) is 42.5 Å². The monoisotopic (exact) mass is 341 g/mol. The number of hydrogen-bond acceptors (Lipinski definition) is 5. The lowest BCUT2D eigenvalue weighted by Gasteiger charge is -2.15. The molecule has 0 fully saturated rings. The van der Waals surface area contributed by atoms with Gasteiger partial charge >= 0.3 is 0 Å². The summed E-state index contributed by atoms with van der Waals surface area (Å²) >= 11 is 0. The van der Waals surface area contributed by atoms with E-state index in [9.17, 15) is 9.59 Å². The van der Waals surface area contributed by atoms with Crippen LogP contribution in [0.25, 0.3) is 0 Å². The van der Waals surface area contributed by atoms with Crippen molar-refractivity contribution < 1.29 is 23.8 Å². The summed E-state index contributed by atoms with van der Waals surface area (Å²) in [5, 5.41) is 2.87. The summed E-state index contributed by atoms with van der Waals surface area (Å²) in [6.45, 7) is 3.45. The summed E-state index contributed by atoms with van der Waals surface area (Å²) in [6, 6.07) is 12.1. The number of Topliss-reactive ketones (excluding diaryl/α,β-unsaturated/α-hetero) is 1. The van der Waals surface area contributed by atoms with Gasteiger partial charge in [0.1, 0.15) is 5.75 Å². The first-order chi connectivity index (χ1) is 12.0. The molecule has 3 rings (SSSR count). The highest BCUT2D eigenvalue weighted by Gasteiger charge is 2.17. The molecule has 130 valence electrons. The van der Waals surface area contributed by atoms with Crippen molar-refractivity contribution in [1.82, 2.24) is 5.32 Å². The van der Waals surface area contributed by atoms with Gasteiger partial charge in [0.25, 0.3) is 5.91 Å². The second kappa shape index (κ2) is 7.25. The van der Waals surface area contributed by atoms with Crippen LogP contribution in [-0.4, -0.2) is 25.1 Å². The molecule has 1 aliphatic rings. The Balaban J connectivity index is 1.55.